The van der Waals surface area contributed by atoms with Gasteiger partial charge in [-0.2, -0.15) is 0 Å². The number of carbonyl (C=O) groups is 2. The first-order chi connectivity index (χ1) is 25.0. The Labute approximate surface area is 308 Å². The van der Waals surface area contributed by atoms with Crippen molar-refractivity contribution in [3.8, 4) is 11.3 Å². The summed E-state index contributed by atoms with van der Waals surface area (Å²) in [6.07, 6.45) is 3.98. The molecular weight excluding hydrogens is 660 g/mol. The molecule has 3 aliphatic rings. The number of rotatable bonds is 19. The first-order valence-corrected chi connectivity index (χ1v) is 18.8. The number of pyridine rings is 1. The molecular formula is C40H58N6O6. The molecule has 6 rings (SSSR count). The van der Waals surface area contributed by atoms with Crippen LogP contribution in [-0.4, -0.2) is 129 Å². The van der Waals surface area contributed by atoms with Gasteiger partial charge in [-0.25, -0.2) is 0 Å². The molecule has 3 atom stereocenters. The van der Waals surface area contributed by atoms with Crippen molar-refractivity contribution in [3.05, 3.63) is 47.3 Å². The predicted octanol–water partition coefficient (Wildman–Crippen LogP) is 3.62. The monoisotopic (exact) mass is 718 g/mol. The number of methoxy groups -OCH3 is 1. The number of aldehydes is 1. The standard InChI is InChI=1S/C40H58N6O6/c1-7-46-35-9-8-30(44(12-13-47)11-10-36(34(41)20-48)45-21-40(22-45)24-51-25-40)15-31(35)33(16-39(3,4)23-52-26-49)38(46)32-14-28(29-18-43(5)19-29)17-42-37(32)27(2)50-6/h8-9,14-15,17,20,26-27,29,34,36,47H,7,10-13,16,18-19,21-25,41H2,1-6H3. The quantitative estimate of drug-likeness (QED) is 0.176. The zero-order chi connectivity index (χ0) is 37.2. The zero-order valence-electron chi connectivity index (χ0n) is 31.8. The van der Waals surface area contributed by atoms with Crippen LogP contribution in [0.5, 0.6) is 0 Å². The Balaban J connectivity index is 1.43. The summed E-state index contributed by atoms with van der Waals surface area (Å²) < 4.78 is 19.1. The van der Waals surface area contributed by atoms with E-state index in [2.05, 4.69) is 71.4 Å². The molecule has 12 nitrogen and oxygen atoms in total. The van der Waals surface area contributed by atoms with Gasteiger partial charge >= 0.3 is 0 Å². The number of ether oxygens (including phenoxy) is 3. The fraction of sp³-hybridized carbons (Fsp3) is 0.625. The van der Waals surface area contributed by atoms with Gasteiger partial charge < -0.3 is 44.2 Å². The Kier molecular flexibility index (Phi) is 11.7. The van der Waals surface area contributed by atoms with Gasteiger partial charge in [0, 0.05) is 104 Å². The van der Waals surface area contributed by atoms with E-state index >= 15 is 0 Å². The molecule has 284 valence electrons. The summed E-state index contributed by atoms with van der Waals surface area (Å²) in [5.41, 5.74) is 13.8. The van der Waals surface area contributed by atoms with Crippen molar-refractivity contribution in [3.63, 3.8) is 0 Å². The predicted molar refractivity (Wildman–Crippen MR) is 203 cm³/mol. The fourth-order valence-corrected chi connectivity index (χ4v) is 8.57. The number of aryl methyl sites for hydroxylation is 1. The molecule has 3 N–H and O–H groups in total. The number of likely N-dealkylation sites (tertiary alicyclic amines) is 2. The fourth-order valence-electron chi connectivity index (χ4n) is 8.57. The number of nitrogens with zero attached hydrogens (tertiary/aromatic N) is 5. The Hall–Kier alpha value is -3.39. The van der Waals surface area contributed by atoms with Gasteiger partial charge in [-0.1, -0.05) is 13.8 Å². The molecule has 0 amide bonds. The van der Waals surface area contributed by atoms with Gasteiger partial charge in [0.15, 0.2) is 0 Å². The highest BCUT2D eigenvalue weighted by Crippen LogP contribution is 2.43. The Morgan fingerprint density at radius 2 is 1.94 bits per heavy atom. The SMILES string of the molecule is CCn1c(-c2cc(C3CN(C)C3)cnc2C(C)OC)c(CC(C)(C)COC=O)c2cc(N(CCO)CCC(C(N)C=O)N3CC4(COC4)C3)ccc21. The van der Waals surface area contributed by atoms with E-state index in [4.69, 9.17) is 24.9 Å². The Bertz CT molecular complexity index is 1710. The highest BCUT2D eigenvalue weighted by atomic mass is 16.5. The van der Waals surface area contributed by atoms with Crippen LogP contribution in [0.4, 0.5) is 5.69 Å². The Morgan fingerprint density at radius 1 is 1.19 bits per heavy atom. The third-order valence-corrected chi connectivity index (χ3v) is 11.5. The van der Waals surface area contributed by atoms with Gasteiger partial charge in [-0.3, -0.25) is 14.7 Å². The van der Waals surface area contributed by atoms with Crippen LogP contribution in [-0.2, 0) is 36.8 Å². The first-order valence-electron chi connectivity index (χ1n) is 18.8. The van der Waals surface area contributed by atoms with E-state index in [1.807, 2.05) is 13.1 Å². The molecule has 0 radical (unpaired) electrons. The highest BCUT2D eigenvalue weighted by Gasteiger charge is 2.51. The highest BCUT2D eigenvalue weighted by molar-refractivity contribution is 5.94. The van der Waals surface area contributed by atoms with E-state index in [0.29, 0.717) is 38.3 Å². The molecule has 3 aromatic rings. The van der Waals surface area contributed by atoms with Gasteiger partial charge in [0.2, 0.25) is 0 Å². The molecule has 52 heavy (non-hydrogen) atoms. The molecule has 1 aromatic carbocycles. The van der Waals surface area contributed by atoms with Crippen LogP contribution in [0.2, 0.25) is 0 Å². The minimum Gasteiger partial charge on any atom is -0.467 e. The number of hydrogen-bond acceptors (Lipinski definition) is 11. The maximum absolute atomic E-state index is 11.9. The number of carbonyl (C=O) groups excluding carboxylic acids is 2. The van der Waals surface area contributed by atoms with Gasteiger partial charge in [0.25, 0.3) is 6.47 Å². The van der Waals surface area contributed by atoms with Crippen molar-refractivity contribution in [2.24, 2.45) is 16.6 Å². The third-order valence-electron chi connectivity index (χ3n) is 11.5. The number of aromatic nitrogens is 2. The molecule has 3 unspecified atom stereocenters. The number of aliphatic hydroxyl groups excluding tert-OH is 1. The molecule has 5 heterocycles. The zero-order valence-corrected chi connectivity index (χ0v) is 31.8. The number of nitrogens with two attached hydrogens (primary N) is 1. The Morgan fingerprint density at radius 3 is 2.54 bits per heavy atom. The van der Waals surface area contributed by atoms with E-state index in [9.17, 15) is 14.7 Å². The second kappa shape index (κ2) is 15.9. The minimum atomic E-state index is -0.589. The maximum atomic E-state index is 11.9. The van der Waals surface area contributed by atoms with Gasteiger partial charge in [-0.05, 0) is 69.1 Å². The average Bonchev–Trinajstić information content (AvgIpc) is 3.39. The summed E-state index contributed by atoms with van der Waals surface area (Å²) in [5.74, 6) is 0.419. The maximum Gasteiger partial charge on any atom is 0.293 e. The number of benzene rings is 1. The molecule has 12 heteroatoms. The number of anilines is 1. The van der Waals surface area contributed by atoms with Gasteiger partial charge in [-0.15, -0.1) is 0 Å². The van der Waals surface area contributed by atoms with E-state index in [1.54, 1.807) is 7.11 Å². The number of fused-ring (bicyclic) bond motifs is 1. The lowest BCUT2D eigenvalue weighted by molar-refractivity contribution is -0.199. The largest absolute Gasteiger partial charge is 0.467 e. The van der Waals surface area contributed by atoms with Gasteiger partial charge in [0.1, 0.15) is 6.29 Å². The van der Waals surface area contributed by atoms with Crippen molar-refractivity contribution in [2.75, 3.05) is 84.8 Å². The van der Waals surface area contributed by atoms with Crippen LogP contribution in [0, 0.1) is 10.8 Å². The molecule has 1 spiro atoms. The van der Waals surface area contributed by atoms with E-state index in [0.717, 1.165) is 91.3 Å². The van der Waals surface area contributed by atoms with Gasteiger partial charge in [0.05, 0.1) is 50.0 Å². The summed E-state index contributed by atoms with van der Waals surface area (Å²) in [4.78, 5) is 35.1. The second-order valence-corrected chi connectivity index (χ2v) is 16.2. The molecule has 3 fully saturated rings. The van der Waals surface area contributed by atoms with Crippen molar-refractivity contribution in [1.29, 1.82) is 0 Å². The second-order valence-electron chi connectivity index (χ2n) is 16.2. The van der Waals surface area contributed by atoms with Crippen LogP contribution in [0.25, 0.3) is 22.2 Å². The summed E-state index contributed by atoms with van der Waals surface area (Å²) in [5, 5.41) is 11.3. The van der Waals surface area contributed by atoms with Crippen molar-refractivity contribution in [2.45, 2.75) is 71.2 Å². The summed E-state index contributed by atoms with van der Waals surface area (Å²) >= 11 is 0. The molecule has 3 aliphatic heterocycles. The van der Waals surface area contributed by atoms with Crippen LogP contribution >= 0.6 is 0 Å². The topological polar surface area (TPSA) is 136 Å². The van der Waals surface area contributed by atoms with Crippen LogP contribution in [0.3, 0.4) is 0 Å². The molecule has 0 saturated carbocycles. The lowest BCUT2D eigenvalue weighted by atomic mass is 9.76. The normalized spacial score (nSPS) is 19.5. The molecule has 2 aromatic heterocycles. The lowest BCUT2D eigenvalue weighted by Gasteiger charge is -2.58. The van der Waals surface area contributed by atoms with E-state index in [-0.39, 0.29) is 36.2 Å². The number of likely N-dealkylation sites (N-methyl/N-ethyl adjacent to an activating group) is 1. The smallest absolute Gasteiger partial charge is 0.293 e. The minimum absolute atomic E-state index is 0.0101. The van der Waals surface area contributed by atoms with Crippen LogP contribution in [0.1, 0.15) is 63.0 Å². The summed E-state index contributed by atoms with van der Waals surface area (Å²) in [6, 6.07) is 8.20. The van der Waals surface area contributed by atoms with Crippen molar-refractivity contribution >= 4 is 29.3 Å². The number of aliphatic hydroxyl groups is 1. The summed E-state index contributed by atoms with van der Waals surface area (Å²) in [6.45, 7) is 16.4. The van der Waals surface area contributed by atoms with Crippen molar-refractivity contribution < 1.29 is 28.9 Å². The number of hydrogen-bond donors (Lipinski definition) is 2. The van der Waals surface area contributed by atoms with E-state index in [1.165, 1.54) is 5.56 Å². The third kappa shape index (κ3) is 7.65. The van der Waals surface area contributed by atoms with E-state index < -0.39 is 6.04 Å². The van der Waals surface area contributed by atoms with Crippen molar-refractivity contribution in [1.82, 2.24) is 19.4 Å². The first kappa shape index (κ1) is 38.3. The molecule has 0 bridgehead atoms. The van der Waals surface area contributed by atoms with Crippen LogP contribution in [0.15, 0.2) is 30.5 Å². The lowest BCUT2D eigenvalue weighted by Crippen LogP contribution is -2.70. The van der Waals surface area contributed by atoms with Crippen LogP contribution < -0.4 is 10.6 Å². The molecule has 3 saturated heterocycles. The summed E-state index contributed by atoms with van der Waals surface area (Å²) in [7, 11) is 3.86. The molecule has 0 aliphatic carbocycles. The average molecular weight is 719 g/mol.